The smallest absolute Gasteiger partial charge is 0.227 e. The van der Waals surface area contributed by atoms with Crippen LogP contribution in [0.2, 0.25) is 0 Å². The molecule has 134 valence electrons. The predicted octanol–water partition coefficient (Wildman–Crippen LogP) is 2.45. The lowest BCUT2D eigenvalue weighted by molar-refractivity contribution is 0.248. The number of nitrogens with zero attached hydrogens (tertiary/aromatic N) is 5. The van der Waals surface area contributed by atoms with Crippen LogP contribution in [-0.2, 0) is 6.54 Å². The first-order valence-electron chi connectivity index (χ1n) is 8.36. The molecule has 0 unspecified atom stereocenters. The minimum absolute atomic E-state index is 0.614. The molecule has 1 aromatic carbocycles. The van der Waals surface area contributed by atoms with Crippen LogP contribution in [0, 0.1) is 18.6 Å². The van der Waals surface area contributed by atoms with Crippen LogP contribution in [-0.4, -0.2) is 55.1 Å². The summed E-state index contributed by atoms with van der Waals surface area (Å²) in [5.74, 6) is 0.0465. The van der Waals surface area contributed by atoms with Crippen molar-refractivity contribution in [2.24, 2.45) is 0 Å². The van der Waals surface area contributed by atoms with Gasteiger partial charge in [0.2, 0.25) is 5.95 Å². The Hall–Kier alpha value is -2.28. The number of hydrogen-bond acceptors (Lipinski definition) is 5. The largest absolute Gasteiger partial charge is 0.363 e. The Morgan fingerprint density at radius 1 is 1.00 bits per heavy atom. The van der Waals surface area contributed by atoms with Gasteiger partial charge in [-0.15, -0.1) is 0 Å². The van der Waals surface area contributed by atoms with Gasteiger partial charge in [0.15, 0.2) is 11.6 Å². The molecule has 7 heteroatoms. The Morgan fingerprint density at radius 3 is 2.36 bits per heavy atom. The SMILES string of the molecule is Cc1cc(N(C)C)nc(N2CCN(Cc3ccc(F)c(F)c3)CC2)n1. The summed E-state index contributed by atoms with van der Waals surface area (Å²) < 4.78 is 26.4. The van der Waals surface area contributed by atoms with Crippen molar-refractivity contribution in [2.45, 2.75) is 13.5 Å². The van der Waals surface area contributed by atoms with Crippen LogP contribution in [0.4, 0.5) is 20.5 Å². The maximum Gasteiger partial charge on any atom is 0.227 e. The van der Waals surface area contributed by atoms with Crippen LogP contribution in [0.5, 0.6) is 0 Å². The summed E-state index contributed by atoms with van der Waals surface area (Å²) >= 11 is 0. The Balaban J connectivity index is 1.63. The van der Waals surface area contributed by atoms with Crippen molar-refractivity contribution in [2.75, 3.05) is 50.1 Å². The fourth-order valence-corrected chi connectivity index (χ4v) is 2.91. The maximum atomic E-state index is 13.3. The van der Waals surface area contributed by atoms with Gasteiger partial charge < -0.3 is 9.80 Å². The molecule has 0 spiro atoms. The second-order valence-corrected chi connectivity index (χ2v) is 6.57. The van der Waals surface area contributed by atoms with Gasteiger partial charge in [0.25, 0.3) is 0 Å². The highest BCUT2D eigenvalue weighted by Gasteiger charge is 2.20. The third-order valence-corrected chi connectivity index (χ3v) is 4.33. The number of anilines is 2. The van der Waals surface area contributed by atoms with Crippen LogP contribution in [0.3, 0.4) is 0 Å². The first kappa shape index (κ1) is 17.5. The van der Waals surface area contributed by atoms with Gasteiger partial charge in [-0.2, -0.15) is 4.98 Å². The second-order valence-electron chi connectivity index (χ2n) is 6.57. The molecular formula is C18H23F2N5. The Kier molecular flexibility index (Phi) is 5.13. The summed E-state index contributed by atoms with van der Waals surface area (Å²) in [5.41, 5.74) is 1.73. The van der Waals surface area contributed by atoms with Crippen LogP contribution in [0.1, 0.15) is 11.3 Å². The number of piperazine rings is 1. The van der Waals surface area contributed by atoms with E-state index in [4.69, 9.17) is 0 Å². The molecule has 1 aromatic heterocycles. The lowest BCUT2D eigenvalue weighted by atomic mass is 10.2. The summed E-state index contributed by atoms with van der Waals surface area (Å²) in [6.45, 7) is 5.85. The molecule has 1 aliphatic rings. The van der Waals surface area contributed by atoms with Crippen molar-refractivity contribution in [3.8, 4) is 0 Å². The zero-order valence-electron chi connectivity index (χ0n) is 14.8. The zero-order valence-corrected chi connectivity index (χ0v) is 14.8. The van der Waals surface area contributed by atoms with Crippen molar-refractivity contribution in [1.82, 2.24) is 14.9 Å². The summed E-state index contributed by atoms with van der Waals surface area (Å²) in [5, 5.41) is 0. The summed E-state index contributed by atoms with van der Waals surface area (Å²) in [6, 6.07) is 6.06. The van der Waals surface area contributed by atoms with E-state index in [0.717, 1.165) is 49.2 Å². The first-order valence-corrected chi connectivity index (χ1v) is 8.36. The number of aromatic nitrogens is 2. The molecule has 5 nitrogen and oxygen atoms in total. The van der Waals surface area contributed by atoms with E-state index >= 15 is 0 Å². The lowest BCUT2D eigenvalue weighted by Gasteiger charge is -2.35. The third kappa shape index (κ3) is 4.22. The van der Waals surface area contributed by atoms with E-state index in [1.807, 2.05) is 32.0 Å². The Bertz CT molecular complexity index is 742. The van der Waals surface area contributed by atoms with Crippen LogP contribution >= 0.6 is 0 Å². The van der Waals surface area contributed by atoms with Gasteiger partial charge in [-0.1, -0.05) is 6.07 Å². The van der Waals surface area contributed by atoms with E-state index in [-0.39, 0.29) is 0 Å². The summed E-state index contributed by atoms with van der Waals surface area (Å²) in [6.07, 6.45) is 0. The van der Waals surface area contributed by atoms with Crippen LogP contribution < -0.4 is 9.80 Å². The number of halogens is 2. The average molecular weight is 347 g/mol. The van der Waals surface area contributed by atoms with Gasteiger partial charge in [-0.25, -0.2) is 13.8 Å². The number of aryl methyl sites for hydroxylation is 1. The van der Waals surface area contributed by atoms with Gasteiger partial charge >= 0.3 is 0 Å². The fourth-order valence-electron chi connectivity index (χ4n) is 2.91. The maximum absolute atomic E-state index is 13.3. The molecule has 1 aliphatic heterocycles. The number of hydrogen-bond donors (Lipinski definition) is 0. The minimum Gasteiger partial charge on any atom is -0.363 e. The Labute approximate surface area is 146 Å². The van der Waals surface area contributed by atoms with Gasteiger partial charge in [0, 0.05) is 58.6 Å². The van der Waals surface area contributed by atoms with Gasteiger partial charge in [-0.05, 0) is 24.6 Å². The van der Waals surface area contributed by atoms with E-state index in [1.165, 1.54) is 12.1 Å². The molecule has 0 N–H and O–H groups in total. The molecular weight excluding hydrogens is 324 g/mol. The second kappa shape index (κ2) is 7.31. The van der Waals surface area contributed by atoms with E-state index in [1.54, 1.807) is 6.07 Å². The molecule has 0 bridgehead atoms. The average Bonchev–Trinajstić information content (AvgIpc) is 2.58. The lowest BCUT2D eigenvalue weighted by Crippen LogP contribution is -2.46. The van der Waals surface area contributed by atoms with Crippen molar-refractivity contribution in [3.63, 3.8) is 0 Å². The molecule has 0 aliphatic carbocycles. The van der Waals surface area contributed by atoms with Crippen molar-refractivity contribution >= 4 is 11.8 Å². The molecule has 0 amide bonds. The van der Waals surface area contributed by atoms with Gasteiger partial charge in [-0.3, -0.25) is 4.90 Å². The highest BCUT2D eigenvalue weighted by Crippen LogP contribution is 2.18. The molecule has 25 heavy (non-hydrogen) atoms. The zero-order chi connectivity index (χ0) is 18.0. The van der Waals surface area contributed by atoms with Gasteiger partial charge in [0.1, 0.15) is 5.82 Å². The van der Waals surface area contributed by atoms with E-state index < -0.39 is 11.6 Å². The third-order valence-electron chi connectivity index (χ3n) is 4.33. The molecule has 3 rings (SSSR count). The van der Waals surface area contributed by atoms with E-state index in [0.29, 0.717) is 6.54 Å². The fraction of sp³-hybridized carbons (Fsp3) is 0.444. The molecule has 2 heterocycles. The minimum atomic E-state index is -0.804. The molecule has 0 radical (unpaired) electrons. The van der Waals surface area contributed by atoms with Gasteiger partial charge in [0.05, 0.1) is 0 Å². The van der Waals surface area contributed by atoms with E-state index in [2.05, 4.69) is 19.8 Å². The van der Waals surface area contributed by atoms with Crippen LogP contribution in [0.15, 0.2) is 24.3 Å². The topological polar surface area (TPSA) is 35.5 Å². The molecule has 0 atom stereocenters. The van der Waals surface area contributed by atoms with Crippen LogP contribution in [0.25, 0.3) is 0 Å². The van der Waals surface area contributed by atoms with Crippen molar-refractivity contribution in [3.05, 3.63) is 47.2 Å². The normalized spacial score (nSPS) is 15.5. The first-order chi connectivity index (χ1) is 11.9. The monoisotopic (exact) mass is 347 g/mol. The summed E-state index contributed by atoms with van der Waals surface area (Å²) in [4.78, 5) is 15.5. The highest BCUT2D eigenvalue weighted by atomic mass is 19.2. The van der Waals surface area contributed by atoms with E-state index in [9.17, 15) is 8.78 Å². The molecule has 2 aromatic rings. The standard InChI is InChI=1S/C18H23F2N5/c1-13-10-17(23(2)3)22-18(21-13)25-8-6-24(7-9-25)12-14-4-5-15(19)16(20)11-14/h4-5,10-11H,6-9,12H2,1-3H3. The molecule has 0 saturated carbocycles. The highest BCUT2D eigenvalue weighted by molar-refractivity contribution is 5.45. The molecule has 1 fully saturated rings. The number of rotatable bonds is 4. The number of benzene rings is 1. The van der Waals surface area contributed by atoms with Crippen molar-refractivity contribution < 1.29 is 8.78 Å². The summed E-state index contributed by atoms with van der Waals surface area (Å²) in [7, 11) is 3.93. The Morgan fingerprint density at radius 2 is 1.72 bits per heavy atom. The predicted molar refractivity (Wildman–Crippen MR) is 94.9 cm³/mol. The quantitative estimate of drug-likeness (QED) is 0.849. The molecule has 1 saturated heterocycles. The van der Waals surface area contributed by atoms with Crippen molar-refractivity contribution in [1.29, 1.82) is 0 Å².